The maximum Gasteiger partial charge on any atom is -0.00178 e. The lowest BCUT2D eigenvalue weighted by molar-refractivity contribution is 0.295. The van der Waals surface area contributed by atoms with E-state index in [-0.39, 0.29) is 0 Å². The van der Waals surface area contributed by atoms with Crippen LogP contribution in [0.1, 0.15) is 26.2 Å². The van der Waals surface area contributed by atoms with Crippen LogP contribution in [0.25, 0.3) is 0 Å². The van der Waals surface area contributed by atoms with E-state index in [1.165, 1.54) is 32.4 Å². The summed E-state index contributed by atoms with van der Waals surface area (Å²) in [7, 11) is 0. The van der Waals surface area contributed by atoms with Gasteiger partial charge in [-0.05, 0) is 50.1 Å². The van der Waals surface area contributed by atoms with Gasteiger partial charge in [0.2, 0.25) is 0 Å². The summed E-state index contributed by atoms with van der Waals surface area (Å²) in [6.45, 7) is 4.97. The molecule has 0 radical (unpaired) electrons. The van der Waals surface area contributed by atoms with Crippen LogP contribution in [-0.2, 0) is 0 Å². The molecule has 1 N–H and O–H groups in total. The second kappa shape index (κ2) is 2.54. The molecule has 1 heterocycles. The molecule has 0 aromatic rings. The first-order chi connectivity index (χ1) is 4.86. The molecule has 0 aromatic carbocycles. The van der Waals surface area contributed by atoms with E-state index < -0.39 is 0 Å². The van der Waals surface area contributed by atoms with Gasteiger partial charge in [-0.25, -0.2) is 0 Å². The Hall–Kier alpha value is -0.0400. The molecule has 1 saturated carbocycles. The van der Waals surface area contributed by atoms with Crippen molar-refractivity contribution < 1.29 is 0 Å². The van der Waals surface area contributed by atoms with E-state index in [0.29, 0.717) is 0 Å². The van der Waals surface area contributed by atoms with Crippen LogP contribution in [0, 0.1) is 17.8 Å². The third-order valence-corrected chi connectivity index (χ3v) is 3.18. The van der Waals surface area contributed by atoms with Crippen molar-refractivity contribution in [2.24, 2.45) is 17.8 Å². The van der Waals surface area contributed by atoms with Crippen molar-refractivity contribution in [2.75, 3.05) is 13.1 Å². The minimum Gasteiger partial charge on any atom is -0.316 e. The molecule has 3 atom stereocenters. The zero-order chi connectivity index (χ0) is 6.97. The van der Waals surface area contributed by atoms with Crippen molar-refractivity contribution in [1.29, 1.82) is 0 Å². The molecule has 0 amide bonds. The Morgan fingerprint density at radius 1 is 1.20 bits per heavy atom. The van der Waals surface area contributed by atoms with Crippen molar-refractivity contribution in [2.45, 2.75) is 26.2 Å². The van der Waals surface area contributed by atoms with E-state index in [9.17, 15) is 0 Å². The van der Waals surface area contributed by atoms with Gasteiger partial charge in [0.15, 0.2) is 0 Å². The molecule has 1 nitrogen and oxygen atoms in total. The second-order valence-electron chi connectivity index (χ2n) is 4.09. The summed E-state index contributed by atoms with van der Waals surface area (Å²) in [5, 5.41) is 3.48. The summed E-state index contributed by atoms with van der Waals surface area (Å²) in [4.78, 5) is 0. The summed E-state index contributed by atoms with van der Waals surface area (Å²) in [5.74, 6) is 3.12. The molecule has 0 spiro atoms. The highest BCUT2D eigenvalue weighted by Gasteiger charge is 2.33. The smallest absolute Gasteiger partial charge is 0.00178 e. The molecule has 1 aliphatic carbocycles. The summed E-state index contributed by atoms with van der Waals surface area (Å²) in [6, 6.07) is 0. The lowest BCUT2D eigenvalue weighted by Crippen LogP contribution is -2.33. The van der Waals surface area contributed by atoms with Crippen molar-refractivity contribution in [1.82, 2.24) is 5.32 Å². The molecule has 2 aliphatic rings. The minimum atomic E-state index is 1.01. The Labute approximate surface area is 63.2 Å². The second-order valence-corrected chi connectivity index (χ2v) is 4.09. The van der Waals surface area contributed by atoms with Crippen LogP contribution in [0.3, 0.4) is 0 Å². The van der Waals surface area contributed by atoms with E-state index in [2.05, 4.69) is 12.2 Å². The fourth-order valence-corrected chi connectivity index (χ4v) is 2.69. The van der Waals surface area contributed by atoms with Gasteiger partial charge >= 0.3 is 0 Å². The van der Waals surface area contributed by atoms with Crippen LogP contribution in [0.4, 0.5) is 0 Å². The molecule has 10 heavy (non-hydrogen) atoms. The first-order valence-corrected chi connectivity index (χ1v) is 4.57. The van der Waals surface area contributed by atoms with Crippen LogP contribution >= 0.6 is 0 Å². The molecule has 0 aromatic heterocycles. The highest BCUT2D eigenvalue weighted by molar-refractivity contribution is 4.86. The molecular weight excluding hydrogens is 122 g/mol. The molecule has 1 saturated heterocycles. The zero-order valence-electron chi connectivity index (χ0n) is 6.77. The number of rotatable bonds is 0. The Bertz CT molecular complexity index is 108. The first-order valence-electron chi connectivity index (χ1n) is 4.57. The number of nitrogens with one attached hydrogen (secondary N) is 1. The van der Waals surface area contributed by atoms with E-state index in [0.717, 1.165) is 17.8 Å². The van der Waals surface area contributed by atoms with Gasteiger partial charge in [-0.3, -0.25) is 0 Å². The fourth-order valence-electron chi connectivity index (χ4n) is 2.69. The largest absolute Gasteiger partial charge is 0.316 e. The lowest BCUT2D eigenvalue weighted by atomic mass is 9.90. The van der Waals surface area contributed by atoms with E-state index >= 15 is 0 Å². The van der Waals surface area contributed by atoms with Crippen molar-refractivity contribution in [3.63, 3.8) is 0 Å². The van der Waals surface area contributed by atoms with Gasteiger partial charge in [0, 0.05) is 0 Å². The van der Waals surface area contributed by atoms with Gasteiger partial charge in [-0.2, -0.15) is 0 Å². The zero-order valence-corrected chi connectivity index (χ0v) is 6.77. The van der Waals surface area contributed by atoms with Crippen LogP contribution < -0.4 is 5.32 Å². The number of hydrogen-bond acceptors (Lipinski definition) is 1. The summed E-state index contributed by atoms with van der Waals surface area (Å²) in [5.41, 5.74) is 0. The number of piperidine rings is 1. The van der Waals surface area contributed by atoms with Crippen LogP contribution in [0.5, 0.6) is 0 Å². The monoisotopic (exact) mass is 139 g/mol. The molecule has 1 heteroatoms. The van der Waals surface area contributed by atoms with Crippen LogP contribution in [0.15, 0.2) is 0 Å². The van der Waals surface area contributed by atoms with Gasteiger partial charge in [-0.1, -0.05) is 6.92 Å². The average molecular weight is 139 g/mol. The Morgan fingerprint density at radius 3 is 2.80 bits per heavy atom. The maximum atomic E-state index is 3.48. The Morgan fingerprint density at radius 2 is 2.00 bits per heavy atom. The van der Waals surface area contributed by atoms with Gasteiger partial charge in [0.25, 0.3) is 0 Å². The standard InChI is InChI=1S/C9H17N/c1-7-4-8-2-3-10-6-9(8)5-7/h7-10H,2-6H2,1H3/t7-,8?,9?/m1/s1. The average Bonchev–Trinajstić information content (AvgIpc) is 2.27. The molecule has 2 fully saturated rings. The Balaban J connectivity index is 1.97. The SMILES string of the molecule is C[C@@H]1CC2CCNCC2C1. The first kappa shape index (κ1) is 6.66. The summed E-state index contributed by atoms with van der Waals surface area (Å²) in [6.07, 6.45) is 4.43. The van der Waals surface area contributed by atoms with Crippen LogP contribution in [0.2, 0.25) is 0 Å². The number of fused-ring (bicyclic) bond motifs is 1. The highest BCUT2D eigenvalue weighted by Crippen LogP contribution is 2.38. The highest BCUT2D eigenvalue weighted by atomic mass is 14.9. The van der Waals surface area contributed by atoms with E-state index in [4.69, 9.17) is 0 Å². The molecule has 2 unspecified atom stereocenters. The topological polar surface area (TPSA) is 12.0 Å². The van der Waals surface area contributed by atoms with Crippen molar-refractivity contribution in [3.8, 4) is 0 Å². The van der Waals surface area contributed by atoms with Crippen molar-refractivity contribution >= 4 is 0 Å². The summed E-state index contributed by atoms with van der Waals surface area (Å²) >= 11 is 0. The van der Waals surface area contributed by atoms with E-state index in [1.54, 1.807) is 0 Å². The third-order valence-electron chi connectivity index (χ3n) is 3.18. The van der Waals surface area contributed by atoms with Gasteiger partial charge in [0.1, 0.15) is 0 Å². The minimum absolute atomic E-state index is 1.01. The predicted molar refractivity (Wildman–Crippen MR) is 42.9 cm³/mol. The van der Waals surface area contributed by atoms with Crippen molar-refractivity contribution in [3.05, 3.63) is 0 Å². The number of hydrogen-bond donors (Lipinski definition) is 1. The van der Waals surface area contributed by atoms with E-state index in [1.807, 2.05) is 0 Å². The Kier molecular flexibility index (Phi) is 1.69. The van der Waals surface area contributed by atoms with Crippen LogP contribution in [-0.4, -0.2) is 13.1 Å². The quantitative estimate of drug-likeness (QED) is 0.538. The molecule has 1 aliphatic heterocycles. The summed E-state index contributed by atoms with van der Waals surface area (Å²) < 4.78 is 0. The van der Waals surface area contributed by atoms with Gasteiger partial charge in [-0.15, -0.1) is 0 Å². The lowest BCUT2D eigenvalue weighted by Gasteiger charge is -2.25. The molecular formula is C9H17N. The third kappa shape index (κ3) is 1.07. The fraction of sp³-hybridized carbons (Fsp3) is 1.00. The maximum absolute atomic E-state index is 3.48. The molecule has 58 valence electrons. The molecule has 0 bridgehead atoms. The van der Waals surface area contributed by atoms with Gasteiger partial charge in [0.05, 0.1) is 0 Å². The van der Waals surface area contributed by atoms with Gasteiger partial charge < -0.3 is 5.32 Å². The normalized spacial score (nSPS) is 47.1. The predicted octanol–water partition coefficient (Wildman–Crippen LogP) is 1.64. The molecule has 2 rings (SSSR count).